The maximum atomic E-state index is 15.0. The molecule has 3 aromatic carbocycles. The van der Waals surface area contributed by atoms with Crippen molar-refractivity contribution in [2.45, 2.75) is 36.5 Å². The number of benzene rings is 3. The van der Waals surface area contributed by atoms with Gasteiger partial charge in [-0.2, -0.15) is 0 Å². The minimum absolute atomic E-state index is 0.213. The average Bonchev–Trinajstić information content (AvgIpc) is 3.52. The summed E-state index contributed by atoms with van der Waals surface area (Å²) >= 11 is 2.64. The lowest BCUT2D eigenvalue weighted by Gasteiger charge is -2.12. The van der Waals surface area contributed by atoms with Gasteiger partial charge in [0.2, 0.25) is 0 Å². The van der Waals surface area contributed by atoms with Crippen LogP contribution < -0.4 is 9.46 Å². The Morgan fingerprint density at radius 3 is 2.63 bits per heavy atom. The van der Waals surface area contributed by atoms with Gasteiger partial charge in [-0.3, -0.25) is 0 Å². The molecule has 9 heteroatoms. The van der Waals surface area contributed by atoms with Crippen molar-refractivity contribution in [3.8, 4) is 16.3 Å². The van der Waals surface area contributed by atoms with Crippen molar-refractivity contribution in [2.24, 2.45) is 0 Å². The number of ether oxygens (including phenoxy) is 1. The molecule has 0 unspecified atom stereocenters. The van der Waals surface area contributed by atoms with E-state index < -0.39 is 17.3 Å². The fourth-order valence-corrected chi connectivity index (χ4v) is 6.05. The van der Waals surface area contributed by atoms with Crippen molar-refractivity contribution in [1.29, 1.82) is 0 Å². The number of carboxylic acids is 1. The SMILES string of the molecule is COc1cc(C(=O)O)c(F)cc1NSc1ccc2sc(-c3ccc(C4CCCC4)cc3F)nc2c1. The molecule has 0 amide bonds. The van der Waals surface area contributed by atoms with Crippen molar-refractivity contribution in [1.82, 2.24) is 4.98 Å². The van der Waals surface area contributed by atoms with Crippen LogP contribution in [0.4, 0.5) is 14.5 Å². The summed E-state index contributed by atoms with van der Waals surface area (Å²) in [5.41, 5.74) is 2.15. The van der Waals surface area contributed by atoms with Crippen LogP contribution in [0.2, 0.25) is 0 Å². The Morgan fingerprint density at radius 2 is 1.91 bits per heavy atom. The lowest BCUT2D eigenvalue weighted by Crippen LogP contribution is -2.03. The quantitative estimate of drug-likeness (QED) is 0.247. The van der Waals surface area contributed by atoms with E-state index in [0.29, 0.717) is 22.2 Å². The molecule has 35 heavy (non-hydrogen) atoms. The summed E-state index contributed by atoms with van der Waals surface area (Å²) in [5.74, 6) is -1.81. The molecule has 0 atom stereocenters. The number of halogens is 2. The summed E-state index contributed by atoms with van der Waals surface area (Å²) in [6.45, 7) is 0. The number of nitrogens with zero attached hydrogens (tertiary/aromatic N) is 1. The van der Waals surface area contributed by atoms with E-state index >= 15 is 0 Å². The Morgan fingerprint density at radius 1 is 1.11 bits per heavy atom. The van der Waals surface area contributed by atoms with Crippen LogP contribution in [-0.2, 0) is 0 Å². The molecule has 5 rings (SSSR count). The molecule has 0 aliphatic heterocycles. The van der Waals surface area contributed by atoms with Gasteiger partial charge in [0.1, 0.15) is 22.4 Å². The summed E-state index contributed by atoms with van der Waals surface area (Å²) < 4.78 is 38.2. The van der Waals surface area contributed by atoms with Gasteiger partial charge < -0.3 is 14.6 Å². The molecular weight excluding hydrogens is 490 g/mol. The Hall–Kier alpha value is -3.17. The van der Waals surface area contributed by atoms with E-state index in [1.54, 1.807) is 6.07 Å². The number of thiazole rings is 1. The number of carboxylic acid groups (broad SMARTS) is 1. The molecule has 1 fully saturated rings. The lowest BCUT2D eigenvalue weighted by atomic mass is 9.96. The molecule has 1 aromatic heterocycles. The van der Waals surface area contributed by atoms with E-state index in [-0.39, 0.29) is 11.6 Å². The number of aromatic carboxylic acids is 1. The summed E-state index contributed by atoms with van der Waals surface area (Å²) in [6.07, 6.45) is 4.65. The monoisotopic (exact) mass is 512 g/mol. The summed E-state index contributed by atoms with van der Waals surface area (Å²) in [4.78, 5) is 16.6. The van der Waals surface area contributed by atoms with Gasteiger partial charge in [0.15, 0.2) is 0 Å². The van der Waals surface area contributed by atoms with E-state index in [2.05, 4.69) is 9.71 Å². The number of hydrogen-bond donors (Lipinski definition) is 2. The highest BCUT2D eigenvalue weighted by molar-refractivity contribution is 8.00. The van der Waals surface area contributed by atoms with Gasteiger partial charge in [0.05, 0.1) is 28.6 Å². The first-order valence-corrected chi connectivity index (χ1v) is 12.8. The fourth-order valence-electron chi connectivity index (χ4n) is 4.38. The smallest absolute Gasteiger partial charge is 0.338 e. The second-order valence-corrected chi connectivity index (χ2v) is 10.3. The standard InChI is InChI=1S/C26H22F2N2O3S2/c1-33-23-12-18(26(31)32)20(28)13-21(23)30-35-16-7-9-24-22(11-16)29-25(34-24)17-8-6-15(10-19(17)27)14-4-2-3-5-14/h6-14,30H,2-5H2,1H3,(H,31,32). The van der Waals surface area contributed by atoms with Crippen molar-refractivity contribution >= 4 is 45.2 Å². The maximum absolute atomic E-state index is 15.0. The van der Waals surface area contributed by atoms with E-state index in [0.717, 1.165) is 45.6 Å². The maximum Gasteiger partial charge on any atom is 0.338 e. The van der Waals surface area contributed by atoms with Gasteiger partial charge in [-0.25, -0.2) is 18.6 Å². The minimum atomic E-state index is -1.37. The van der Waals surface area contributed by atoms with Crippen LogP contribution in [0.1, 0.15) is 47.5 Å². The van der Waals surface area contributed by atoms with Crippen LogP contribution in [0.25, 0.3) is 20.8 Å². The van der Waals surface area contributed by atoms with Crippen LogP contribution in [0.3, 0.4) is 0 Å². The van der Waals surface area contributed by atoms with Gasteiger partial charge in [-0.15, -0.1) is 11.3 Å². The van der Waals surface area contributed by atoms with Gasteiger partial charge in [-0.05, 0) is 72.7 Å². The number of hydrogen-bond acceptors (Lipinski definition) is 6. The molecule has 2 N–H and O–H groups in total. The minimum Gasteiger partial charge on any atom is -0.495 e. The Bertz CT molecular complexity index is 1420. The largest absolute Gasteiger partial charge is 0.495 e. The Balaban J connectivity index is 1.36. The fraction of sp³-hybridized carbons (Fsp3) is 0.231. The summed E-state index contributed by atoms with van der Waals surface area (Å²) in [5, 5.41) is 9.72. The van der Waals surface area contributed by atoms with Crippen molar-refractivity contribution < 1.29 is 23.4 Å². The van der Waals surface area contributed by atoms with E-state index in [9.17, 15) is 13.6 Å². The van der Waals surface area contributed by atoms with Crippen LogP contribution >= 0.6 is 23.3 Å². The van der Waals surface area contributed by atoms with Crippen molar-refractivity contribution in [3.63, 3.8) is 0 Å². The predicted octanol–water partition coefficient (Wildman–Crippen LogP) is 7.73. The molecule has 0 bridgehead atoms. The van der Waals surface area contributed by atoms with Gasteiger partial charge in [0.25, 0.3) is 0 Å². The van der Waals surface area contributed by atoms with Crippen molar-refractivity contribution in [3.05, 3.63) is 71.3 Å². The number of nitrogens with one attached hydrogen (secondary N) is 1. The van der Waals surface area contributed by atoms with Crippen molar-refractivity contribution in [2.75, 3.05) is 11.8 Å². The van der Waals surface area contributed by atoms with E-state index in [1.165, 1.54) is 43.2 Å². The summed E-state index contributed by atoms with van der Waals surface area (Å²) in [7, 11) is 1.39. The molecule has 0 spiro atoms. The third kappa shape index (κ3) is 4.83. The first-order chi connectivity index (χ1) is 16.9. The average molecular weight is 513 g/mol. The van der Waals surface area contributed by atoms with Crippen LogP contribution in [0.15, 0.2) is 53.4 Å². The molecule has 0 radical (unpaired) electrons. The number of carbonyl (C=O) groups is 1. The lowest BCUT2D eigenvalue weighted by molar-refractivity contribution is 0.0691. The third-order valence-corrected chi connectivity index (χ3v) is 8.09. The Labute approximate surface area is 209 Å². The zero-order valence-corrected chi connectivity index (χ0v) is 20.4. The molecule has 5 nitrogen and oxygen atoms in total. The summed E-state index contributed by atoms with van der Waals surface area (Å²) in [6, 6.07) is 13.4. The molecule has 1 saturated carbocycles. The Kier molecular flexibility index (Phi) is 6.62. The van der Waals surface area contributed by atoms with Gasteiger partial charge >= 0.3 is 5.97 Å². The number of anilines is 1. The zero-order chi connectivity index (χ0) is 24.5. The highest BCUT2D eigenvalue weighted by Crippen LogP contribution is 2.38. The second kappa shape index (κ2) is 9.83. The molecule has 4 aromatic rings. The van der Waals surface area contributed by atoms with Crippen LogP contribution in [0, 0.1) is 11.6 Å². The molecule has 180 valence electrons. The highest BCUT2D eigenvalue weighted by atomic mass is 32.2. The number of aromatic nitrogens is 1. The first kappa shape index (κ1) is 23.6. The molecule has 0 saturated heterocycles. The van der Waals surface area contributed by atoms with Crippen LogP contribution in [0.5, 0.6) is 5.75 Å². The molecular formula is C26H22F2N2O3S2. The van der Waals surface area contributed by atoms with Gasteiger partial charge in [-0.1, -0.05) is 18.9 Å². The highest BCUT2D eigenvalue weighted by Gasteiger charge is 2.20. The molecule has 1 heterocycles. The molecule has 1 aliphatic carbocycles. The van der Waals surface area contributed by atoms with E-state index in [1.807, 2.05) is 30.3 Å². The normalized spacial score (nSPS) is 13.9. The zero-order valence-electron chi connectivity index (χ0n) is 18.8. The second-order valence-electron chi connectivity index (χ2n) is 8.41. The number of methoxy groups -OCH3 is 1. The number of rotatable bonds is 7. The predicted molar refractivity (Wildman–Crippen MR) is 136 cm³/mol. The van der Waals surface area contributed by atoms with Gasteiger partial charge in [0, 0.05) is 16.5 Å². The first-order valence-electron chi connectivity index (χ1n) is 11.2. The molecule has 1 aliphatic rings. The topological polar surface area (TPSA) is 71.5 Å². The van der Waals surface area contributed by atoms with Crippen LogP contribution in [-0.4, -0.2) is 23.2 Å². The third-order valence-electron chi connectivity index (χ3n) is 6.21. The van der Waals surface area contributed by atoms with E-state index in [4.69, 9.17) is 9.84 Å². The number of fused-ring (bicyclic) bond motifs is 1.